The Labute approximate surface area is 146 Å². The van der Waals surface area contributed by atoms with E-state index in [0.717, 1.165) is 23.7 Å². The molecular weight excluding hydrogens is 276 g/mol. The molecule has 0 spiro atoms. The molecule has 0 heterocycles. The fraction of sp³-hybridized carbons (Fsp3) is 0.913. The quantitative estimate of drug-likeness (QED) is 0.299. The van der Waals surface area contributed by atoms with E-state index in [1.165, 1.54) is 96.3 Å². The van der Waals surface area contributed by atoms with Gasteiger partial charge in [0.25, 0.3) is 0 Å². The second-order valence-electron chi connectivity index (χ2n) is 8.57. The standard InChI is InChI=1S/C23H42/c1-3-5-12-22-14-8-9-15-23(22)13-7-6-11-21-18-16-20(10-4-2)17-19-21/h3,5,20-23H,4,6-19H2,1-2H3. The van der Waals surface area contributed by atoms with Crippen LogP contribution in [0.5, 0.6) is 0 Å². The van der Waals surface area contributed by atoms with Gasteiger partial charge in [-0.1, -0.05) is 103 Å². The maximum atomic E-state index is 2.41. The number of allylic oxidation sites excluding steroid dienone is 2. The van der Waals surface area contributed by atoms with Gasteiger partial charge in [-0.05, 0) is 43.4 Å². The fourth-order valence-corrected chi connectivity index (χ4v) is 5.34. The molecule has 23 heavy (non-hydrogen) atoms. The first-order valence-electron chi connectivity index (χ1n) is 10.9. The number of hydrogen-bond donors (Lipinski definition) is 0. The van der Waals surface area contributed by atoms with E-state index in [9.17, 15) is 0 Å². The number of unbranched alkanes of at least 4 members (excludes halogenated alkanes) is 1. The summed E-state index contributed by atoms with van der Waals surface area (Å²) in [5.41, 5.74) is 0. The molecule has 0 aliphatic heterocycles. The van der Waals surface area contributed by atoms with Crippen LogP contribution in [0.25, 0.3) is 0 Å². The predicted octanol–water partition coefficient (Wildman–Crippen LogP) is 7.93. The first kappa shape index (κ1) is 19.1. The van der Waals surface area contributed by atoms with Crippen molar-refractivity contribution in [3.63, 3.8) is 0 Å². The van der Waals surface area contributed by atoms with Crippen LogP contribution in [0.15, 0.2) is 12.2 Å². The summed E-state index contributed by atoms with van der Waals surface area (Å²) < 4.78 is 0. The summed E-state index contributed by atoms with van der Waals surface area (Å²) in [6, 6.07) is 0. The molecule has 0 heteroatoms. The van der Waals surface area contributed by atoms with Crippen molar-refractivity contribution in [2.24, 2.45) is 23.7 Å². The molecule has 2 aliphatic rings. The fourth-order valence-electron chi connectivity index (χ4n) is 5.34. The third kappa shape index (κ3) is 7.02. The minimum Gasteiger partial charge on any atom is -0.0917 e. The van der Waals surface area contributed by atoms with Crippen molar-refractivity contribution < 1.29 is 0 Å². The molecule has 2 saturated carbocycles. The molecule has 0 radical (unpaired) electrons. The highest BCUT2D eigenvalue weighted by Crippen LogP contribution is 2.37. The van der Waals surface area contributed by atoms with E-state index in [4.69, 9.17) is 0 Å². The molecule has 0 saturated heterocycles. The van der Waals surface area contributed by atoms with Gasteiger partial charge in [0.2, 0.25) is 0 Å². The average molecular weight is 319 g/mol. The van der Waals surface area contributed by atoms with Crippen LogP contribution in [-0.2, 0) is 0 Å². The van der Waals surface area contributed by atoms with Crippen molar-refractivity contribution in [2.75, 3.05) is 0 Å². The molecule has 2 atom stereocenters. The molecule has 134 valence electrons. The minimum absolute atomic E-state index is 1.00. The lowest BCUT2D eigenvalue weighted by Crippen LogP contribution is -2.19. The van der Waals surface area contributed by atoms with Gasteiger partial charge in [-0.3, -0.25) is 0 Å². The SMILES string of the molecule is CC=CCC1CCCCC1CCCCC1CCC(CCC)CC1. The maximum absolute atomic E-state index is 2.41. The Balaban J connectivity index is 1.57. The second-order valence-corrected chi connectivity index (χ2v) is 8.57. The van der Waals surface area contributed by atoms with Crippen molar-refractivity contribution in [1.82, 2.24) is 0 Å². The molecule has 2 fully saturated rings. The van der Waals surface area contributed by atoms with Gasteiger partial charge >= 0.3 is 0 Å². The molecule has 2 rings (SSSR count). The van der Waals surface area contributed by atoms with Crippen molar-refractivity contribution in [3.05, 3.63) is 12.2 Å². The Morgan fingerprint density at radius 1 is 0.739 bits per heavy atom. The Kier molecular flexibility index (Phi) is 9.39. The Hall–Kier alpha value is -0.260. The van der Waals surface area contributed by atoms with Gasteiger partial charge in [0.15, 0.2) is 0 Å². The van der Waals surface area contributed by atoms with Crippen LogP contribution >= 0.6 is 0 Å². The number of hydrogen-bond acceptors (Lipinski definition) is 0. The molecular formula is C23H42. The van der Waals surface area contributed by atoms with E-state index in [0.29, 0.717) is 0 Å². The summed E-state index contributed by atoms with van der Waals surface area (Å²) in [4.78, 5) is 0. The summed E-state index contributed by atoms with van der Waals surface area (Å²) >= 11 is 0. The van der Waals surface area contributed by atoms with E-state index in [1.807, 2.05) is 0 Å². The molecule has 2 unspecified atom stereocenters. The summed E-state index contributed by atoms with van der Waals surface area (Å²) in [6.45, 7) is 4.52. The highest BCUT2D eigenvalue weighted by molar-refractivity contribution is 4.85. The second kappa shape index (κ2) is 11.3. The van der Waals surface area contributed by atoms with Crippen molar-refractivity contribution in [1.29, 1.82) is 0 Å². The molecule has 0 bridgehead atoms. The van der Waals surface area contributed by atoms with Gasteiger partial charge in [0, 0.05) is 0 Å². The highest BCUT2D eigenvalue weighted by atomic mass is 14.3. The Bertz CT molecular complexity index is 308. The Morgan fingerprint density at radius 2 is 1.35 bits per heavy atom. The van der Waals surface area contributed by atoms with Gasteiger partial charge < -0.3 is 0 Å². The predicted molar refractivity (Wildman–Crippen MR) is 104 cm³/mol. The zero-order valence-electron chi connectivity index (χ0n) is 16.1. The number of rotatable bonds is 9. The average Bonchev–Trinajstić information content (AvgIpc) is 2.59. The van der Waals surface area contributed by atoms with Gasteiger partial charge in [-0.2, -0.15) is 0 Å². The first-order chi connectivity index (χ1) is 11.3. The van der Waals surface area contributed by atoms with E-state index >= 15 is 0 Å². The molecule has 0 amide bonds. The third-order valence-corrected chi connectivity index (χ3v) is 6.84. The van der Waals surface area contributed by atoms with E-state index < -0.39 is 0 Å². The minimum atomic E-state index is 1.00. The Morgan fingerprint density at radius 3 is 2.00 bits per heavy atom. The molecule has 0 aromatic carbocycles. The van der Waals surface area contributed by atoms with Crippen LogP contribution in [0.1, 0.15) is 110 Å². The summed E-state index contributed by atoms with van der Waals surface area (Å²) in [5.74, 6) is 4.20. The van der Waals surface area contributed by atoms with E-state index in [-0.39, 0.29) is 0 Å². The highest BCUT2D eigenvalue weighted by Gasteiger charge is 2.24. The van der Waals surface area contributed by atoms with Crippen LogP contribution in [-0.4, -0.2) is 0 Å². The third-order valence-electron chi connectivity index (χ3n) is 6.84. The van der Waals surface area contributed by atoms with Crippen LogP contribution in [0.4, 0.5) is 0 Å². The summed E-state index contributed by atoms with van der Waals surface area (Å²) in [7, 11) is 0. The summed E-state index contributed by atoms with van der Waals surface area (Å²) in [6.07, 6.45) is 27.1. The lowest BCUT2D eigenvalue weighted by molar-refractivity contribution is 0.213. The zero-order chi connectivity index (χ0) is 16.3. The van der Waals surface area contributed by atoms with Gasteiger partial charge in [0.05, 0.1) is 0 Å². The monoisotopic (exact) mass is 318 g/mol. The van der Waals surface area contributed by atoms with Crippen molar-refractivity contribution in [3.8, 4) is 0 Å². The van der Waals surface area contributed by atoms with Crippen LogP contribution < -0.4 is 0 Å². The first-order valence-corrected chi connectivity index (χ1v) is 10.9. The van der Waals surface area contributed by atoms with Crippen LogP contribution in [0.3, 0.4) is 0 Å². The van der Waals surface area contributed by atoms with Gasteiger partial charge in [-0.15, -0.1) is 0 Å². The normalized spacial score (nSPS) is 32.4. The molecule has 0 N–H and O–H groups in total. The van der Waals surface area contributed by atoms with E-state index in [2.05, 4.69) is 26.0 Å². The van der Waals surface area contributed by atoms with Crippen molar-refractivity contribution >= 4 is 0 Å². The van der Waals surface area contributed by atoms with Crippen molar-refractivity contribution in [2.45, 2.75) is 110 Å². The van der Waals surface area contributed by atoms with Crippen LogP contribution in [0.2, 0.25) is 0 Å². The lowest BCUT2D eigenvalue weighted by atomic mass is 9.74. The smallest absolute Gasteiger partial charge is 0.0320 e. The van der Waals surface area contributed by atoms with Crippen LogP contribution in [0, 0.1) is 23.7 Å². The van der Waals surface area contributed by atoms with E-state index in [1.54, 1.807) is 0 Å². The molecule has 0 aromatic rings. The molecule has 2 aliphatic carbocycles. The van der Waals surface area contributed by atoms with Gasteiger partial charge in [-0.25, -0.2) is 0 Å². The zero-order valence-corrected chi connectivity index (χ0v) is 16.1. The lowest BCUT2D eigenvalue weighted by Gasteiger charge is -2.31. The van der Waals surface area contributed by atoms with Gasteiger partial charge in [0.1, 0.15) is 0 Å². The topological polar surface area (TPSA) is 0 Å². The maximum Gasteiger partial charge on any atom is -0.0320 e. The summed E-state index contributed by atoms with van der Waals surface area (Å²) in [5, 5.41) is 0. The molecule has 0 aromatic heterocycles. The molecule has 0 nitrogen and oxygen atoms in total. The largest absolute Gasteiger partial charge is 0.0917 e.